The molecule has 0 bridgehead atoms. The molecule has 0 radical (unpaired) electrons. The molecule has 1 aliphatic heterocycles. The van der Waals surface area contributed by atoms with Crippen molar-refractivity contribution in [2.24, 2.45) is 5.73 Å². The van der Waals surface area contributed by atoms with E-state index in [-0.39, 0.29) is 10.8 Å². The van der Waals surface area contributed by atoms with Crippen LogP contribution in [0.1, 0.15) is 16.7 Å². The van der Waals surface area contributed by atoms with Gasteiger partial charge in [-0.25, -0.2) is 10.4 Å². The molecule has 0 atom stereocenters. The van der Waals surface area contributed by atoms with Gasteiger partial charge in [0.15, 0.2) is 5.82 Å². The number of pyridine rings is 1. The summed E-state index contributed by atoms with van der Waals surface area (Å²) in [5, 5.41) is -0.126. The minimum Gasteiger partial charge on any atom is -0.285 e. The second-order valence-corrected chi connectivity index (χ2v) is 5.20. The van der Waals surface area contributed by atoms with Gasteiger partial charge in [0.25, 0.3) is 5.84 Å². The number of halogens is 4. The van der Waals surface area contributed by atoms with Gasteiger partial charge in [-0.05, 0) is 12.1 Å². The Morgan fingerprint density at radius 1 is 1.27 bits per heavy atom. The highest BCUT2D eigenvalue weighted by Crippen LogP contribution is 2.32. The highest BCUT2D eigenvalue weighted by Gasteiger charge is 2.32. The fraction of sp³-hybridized carbons (Fsp3) is 0.143. The Hall–Kier alpha value is -2.28. The first-order valence-electron chi connectivity index (χ1n) is 6.34. The number of nitrogens with two attached hydrogens (primary N) is 1. The van der Waals surface area contributed by atoms with Crippen LogP contribution in [0.3, 0.4) is 0 Å². The first-order valence-corrected chi connectivity index (χ1v) is 6.71. The summed E-state index contributed by atoms with van der Waals surface area (Å²) in [7, 11) is 0. The SMILES string of the molecule is NC1=[N+](Nc2ncc(C(F)(F)F)cc2Cl)Cc2ccccc21. The Labute approximate surface area is 129 Å². The smallest absolute Gasteiger partial charge is 0.285 e. The Morgan fingerprint density at radius 2 is 2.00 bits per heavy atom. The van der Waals surface area contributed by atoms with Gasteiger partial charge in [-0.15, -0.1) is 0 Å². The van der Waals surface area contributed by atoms with E-state index in [4.69, 9.17) is 17.3 Å². The summed E-state index contributed by atoms with van der Waals surface area (Å²) in [6.45, 7) is 0.473. The fourth-order valence-electron chi connectivity index (χ4n) is 2.21. The van der Waals surface area contributed by atoms with Crippen LogP contribution in [0.2, 0.25) is 5.02 Å². The summed E-state index contributed by atoms with van der Waals surface area (Å²) < 4.78 is 39.4. The number of amidine groups is 1. The first-order chi connectivity index (χ1) is 10.4. The summed E-state index contributed by atoms with van der Waals surface area (Å²) in [6.07, 6.45) is -3.75. The van der Waals surface area contributed by atoms with E-state index in [1.165, 1.54) is 0 Å². The number of hydrogen-bond donors (Lipinski definition) is 2. The molecule has 3 rings (SSSR count). The molecule has 3 N–H and O–H groups in total. The van der Waals surface area contributed by atoms with Crippen LogP contribution < -0.4 is 11.2 Å². The third-order valence-electron chi connectivity index (χ3n) is 3.32. The van der Waals surface area contributed by atoms with Crippen molar-refractivity contribution >= 4 is 23.3 Å². The summed E-state index contributed by atoms with van der Waals surface area (Å²) >= 11 is 5.87. The first kappa shape index (κ1) is 14.6. The molecule has 0 fully saturated rings. The van der Waals surface area contributed by atoms with E-state index in [0.717, 1.165) is 23.4 Å². The number of fused-ring (bicyclic) bond motifs is 1. The van der Waals surface area contributed by atoms with Crippen molar-refractivity contribution in [2.45, 2.75) is 12.7 Å². The van der Waals surface area contributed by atoms with Gasteiger partial charge in [-0.2, -0.15) is 17.9 Å². The number of nitrogens with one attached hydrogen (secondary N) is 1. The standard InChI is InChI=1S/C14H10ClF3N4/c15-11-5-9(14(16,17)18)6-20-13(11)21-22-7-8-3-1-2-4-10(8)12(22)19/h1-6,19H,7H2,(H,20,21)/p+1. The van der Waals surface area contributed by atoms with Crippen LogP contribution in [0.25, 0.3) is 0 Å². The van der Waals surface area contributed by atoms with Crippen molar-refractivity contribution in [2.75, 3.05) is 5.43 Å². The zero-order valence-electron chi connectivity index (χ0n) is 11.2. The summed E-state index contributed by atoms with van der Waals surface area (Å²) in [5.41, 5.74) is 9.85. The third kappa shape index (κ3) is 2.59. The van der Waals surface area contributed by atoms with Gasteiger partial charge in [0.2, 0.25) is 0 Å². The highest BCUT2D eigenvalue weighted by molar-refractivity contribution is 6.32. The van der Waals surface area contributed by atoms with Gasteiger partial charge in [0.05, 0.1) is 16.1 Å². The quantitative estimate of drug-likeness (QED) is 0.834. The maximum absolute atomic E-state index is 12.6. The predicted octanol–water partition coefficient (Wildman–Crippen LogP) is 3.01. The Bertz CT molecular complexity index is 771. The molecule has 0 aliphatic carbocycles. The molecule has 1 aromatic heterocycles. The number of hydrazone groups is 1. The Morgan fingerprint density at radius 3 is 2.64 bits per heavy atom. The zero-order valence-corrected chi connectivity index (χ0v) is 11.9. The zero-order chi connectivity index (χ0) is 15.9. The molecule has 8 heteroatoms. The van der Waals surface area contributed by atoms with Crippen molar-refractivity contribution < 1.29 is 17.9 Å². The number of rotatable bonds is 2. The van der Waals surface area contributed by atoms with Crippen LogP contribution in [0.5, 0.6) is 0 Å². The average molecular weight is 328 g/mol. The van der Waals surface area contributed by atoms with Crippen molar-refractivity contribution in [1.82, 2.24) is 4.98 Å². The molecule has 2 aromatic rings. The molecule has 22 heavy (non-hydrogen) atoms. The molecule has 4 nitrogen and oxygen atoms in total. The number of anilines is 1. The Kier molecular flexibility index (Phi) is 3.44. The van der Waals surface area contributed by atoms with Crippen molar-refractivity contribution in [1.29, 1.82) is 0 Å². The van der Waals surface area contributed by atoms with Gasteiger partial charge in [-0.3, -0.25) is 5.73 Å². The van der Waals surface area contributed by atoms with E-state index in [1.54, 1.807) is 4.68 Å². The molecule has 0 saturated carbocycles. The molecular weight excluding hydrogens is 317 g/mol. The van der Waals surface area contributed by atoms with Gasteiger partial charge in [0.1, 0.15) is 6.54 Å². The van der Waals surface area contributed by atoms with E-state index < -0.39 is 11.7 Å². The summed E-state index contributed by atoms with van der Waals surface area (Å²) in [4.78, 5) is 3.73. The molecular formula is C14H11ClF3N4+. The highest BCUT2D eigenvalue weighted by atomic mass is 35.5. The molecule has 0 amide bonds. The van der Waals surface area contributed by atoms with Gasteiger partial charge in [0, 0.05) is 11.8 Å². The molecule has 114 valence electrons. The van der Waals surface area contributed by atoms with Crippen molar-refractivity contribution in [3.05, 3.63) is 58.2 Å². The third-order valence-corrected chi connectivity index (χ3v) is 3.61. The minimum atomic E-state index is -4.48. The van der Waals surface area contributed by atoms with E-state index in [0.29, 0.717) is 12.4 Å². The van der Waals surface area contributed by atoms with Gasteiger partial charge < -0.3 is 0 Å². The van der Waals surface area contributed by atoms with Gasteiger partial charge in [-0.1, -0.05) is 29.8 Å². The largest absolute Gasteiger partial charge is 0.417 e. The van der Waals surface area contributed by atoms with Gasteiger partial charge >= 0.3 is 6.18 Å². The summed E-state index contributed by atoms with van der Waals surface area (Å²) in [6, 6.07) is 8.37. The second-order valence-electron chi connectivity index (χ2n) is 4.79. The van der Waals surface area contributed by atoms with Crippen LogP contribution in [0.4, 0.5) is 19.0 Å². The number of nitrogens with zero attached hydrogens (tertiary/aromatic N) is 2. The van der Waals surface area contributed by atoms with Crippen LogP contribution in [0, 0.1) is 0 Å². The van der Waals surface area contributed by atoms with E-state index in [2.05, 4.69) is 10.4 Å². The normalized spacial score (nSPS) is 14.2. The van der Waals surface area contributed by atoms with Crippen molar-refractivity contribution in [3.8, 4) is 0 Å². The number of hydrazine groups is 1. The van der Waals surface area contributed by atoms with Crippen LogP contribution >= 0.6 is 11.6 Å². The lowest BCUT2D eigenvalue weighted by Gasteiger charge is -2.10. The summed E-state index contributed by atoms with van der Waals surface area (Å²) in [5.74, 6) is 0.582. The molecule has 1 aliphatic rings. The molecule has 0 saturated heterocycles. The number of benzene rings is 1. The molecule has 0 unspecified atom stereocenters. The molecule has 1 aromatic carbocycles. The monoisotopic (exact) mass is 327 g/mol. The average Bonchev–Trinajstić information content (AvgIpc) is 2.77. The maximum atomic E-state index is 12.6. The minimum absolute atomic E-state index is 0.116. The van der Waals surface area contributed by atoms with Crippen LogP contribution in [0.15, 0.2) is 36.5 Å². The maximum Gasteiger partial charge on any atom is 0.417 e. The van der Waals surface area contributed by atoms with E-state index in [1.807, 2.05) is 24.3 Å². The lowest BCUT2D eigenvalue weighted by atomic mass is 10.1. The lowest BCUT2D eigenvalue weighted by Crippen LogP contribution is -2.28. The number of alkyl halides is 3. The fourth-order valence-corrected chi connectivity index (χ4v) is 2.42. The second kappa shape index (κ2) is 5.17. The van der Waals surface area contributed by atoms with Crippen LogP contribution in [-0.2, 0) is 12.7 Å². The topological polar surface area (TPSA) is 54.0 Å². The number of aromatic nitrogens is 1. The Balaban J connectivity index is 1.88. The molecule has 2 heterocycles. The molecule has 0 spiro atoms. The number of hydrogen-bond acceptors (Lipinski definition) is 3. The van der Waals surface area contributed by atoms with E-state index in [9.17, 15) is 13.2 Å². The van der Waals surface area contributed by atoms with E-state index >= 15 is 0 Å². The lowest BCUT2D eigenvalue weighted by molar-refractivity contribution is -0.509. The predicted molar refractivity (Wildman–Crippen MR) is 76.6 cm³/mol. The van der Waals surface area contributed by atoms with Crippen LogP contribution in [-0.4, -0.2) is 15.5 Å². The van der Waals surface area contributed by atoms with Crippen molar-refractivity contribution in [3.63, 3.8) is 0 Å².